The zero-order valence-electron chi connectivity index (χ0n) is 9.77. The van der Waals surface area contributed by atoms with Gasteiger partial charge in [-0.3, -0.25) is 9.69 Å². The fourth-order valence-corrected chi connectivity index (χ4v) is 2.90. The van der Waals surface area contributed by atoms with Crippen molar-refractivity contribution in [2.24, 2.45) is 0 Å². The number of hydrogen-bond donors (Lipinski definition) is 1. The highest BCUT2D eigenvalue weighted by molar-refractivity contribution is 9.10. The molecular weight excluding hydrogens is 296 g/mol. The molecule has 0 saturated heterocycles. The highest BCUT2D eigenvalue weighted by atomic mass is 79.9. The summed E-state index contributed by atoms with van der Waals surface area (Å²) in [6, 6.07) is 8.39. The number of aromatic nitrogens is 1. The number of rotatable bonds is 2. The normalized spacial score (nSPS) is 15.8. The van der Waals surface area contributed by atoms with Gasteiger partial charge in [-0.1, -0.05) is 22.0 Å². The van der Waals surface area contributed by atoms with Gasteiger partial charge in [0.25, 0.3) is 0 Å². The minimum Gasteiger partial charge on any atom is -0.480 e. The van der Waals surface area contributed by atoms with Gasteiger partial charge < -0.3 is 9.67 Å². The lowest BCUT2D eigenvalue weighted by Crippen LogP contribution is -2.36. The molecule has 0 radical (unpaired) electrons. The van der Waals surface area contributed by atoms with Gasteiger partial charge in [-0.2, -0.15) is 0 Å². The Morgan fingerprint density at radius 2 is 2.17 bits per heavy atom. The molecule has 5 heteroatoms. The Hall–Kier alpha value is -1.33. The lowest BCUT2D eigenvalue weighted by atomic mass is 10.2. The summed E-state index contributed by atoms with van der Waals surface area (Å²) in [5.74, 6) is -0.762. The molecule has 2 heterocycles. The molecule has 0 fully saturated rings. The lowest BCUT2D eigenvalue weighted by molar-refractivity contribution is -0.138. The summed E-state index contributed by atoms with van der Waals surface area (Å²) in [4.78, 5) is 12.7. The minimum atomic E-state index is -0.762. The number of aliphatic carboxylic acids is 1. The van der Waals surface area contributed by atoms with E-state index in [9.17, 15) is 4.79 Å². The molecule has 0 amide bonds. The van der Waals surface area contributed by atoms with Crippen molar-refractivity contribution in [1.82, 2.24) is 9.47 Å². The number of halogens is 1. The molecule has 4 nitrogen and oxygen atoms in total. The SMILES string of the molecule is O=C(O)CN1CCn2c(cc3ccc(Br)cc32)C1. The van der Waals surface area contributed by atoms with Crippen LogP contribution < -0.4 is 0 Å². The van der Waals surface area contributed by atoms with Gasteiger partial charge in [-0.15, -0.1) is 0 Å². The van der Waals surface area contributed by atoms with E-state index in [1.54, 1.807) is 0 Å². The zero-order chi connectivity index (χ0) is 12.7. The highest BCUT2D eigenvalue weighted by Gasteiger charge is 2.19. The average molecular weight is 309 g/mol. The molecule has 0 spiro atoms. The van der Waals surface area contributed by atoms with E-state index in [-0.39, 0.29) is 6.54 Å². The molecule has 1 N–H and O–H groups in total. The Kier molecular flexibility index (Phi) is 2.87. The Morgan fingerprint density at radius 1 is 1.33 bits per heavy atom. The number of hydrogen-bond acceptors (Lipinski definition) is 2. The van der Waals surface area contributed by atoms with Crippen LogP contribution in [0.3, 0.4) is 0 Å². The van der Waals surface area contributed by atoms with Gasteiger partial charge in [0.2, 0.25) is 0 Å². The minimum absolute atomic E-state index is 0.116. The number of benzene rings is 1. The van der Waals surface area contributed by atoms with Crippen molar-refractivity contribution in [3.8, 4) is 0 Å². The van der Waals surface area contributed by atoms with E-state index in [4.69, 9.17) is 5.11 Å². The van der Waals surface area contributed by atoms with Crippen molar-refractivity contribution >= 4 is 32.8 Å². The van der Waals surface area contributed by atoms with Crippen LogP contribution in [-0.4, -0.2) is 33.6 Å². The fraction of sp³-hybridized carbons (Fsp3) is 0.308. The second-order valence-electron chi connectivity index (χ2n) is 4.59. The molecule has 1 aromatic carbocycles. The monoisotopic (exact) mass is 308 g/mol. The molecule has 18 heavy (non-hydrogen) atoms. The molecule has 1 aliphatic rings. The van der Waals surface area contributed by atoms with Crippen LogP contribution in [0.4, 0.5) is 0 Å². The van der Waals surface area contributed by atoms with E-state index in [1.807, 2.05) is 11.0 Å². The average Bonchev–Trinajstić information content (AvgIpc) is 2.65. The first-order valence-electron chi connectivity index (χ1n) is 5.85. The van der Waals surface area contributed by atoms with Gasteiger partial charge in [0.1, 0.15) is 0 Å². The summed E-state index contributed by atoms with van der Waals surface area (Å²) in [5.41, 5.74) is 2.41. The summed E-state index contributed by atoms with van der Waals surface area (Å²) < 4.78 is 3.35. The Morgan fingerprint density at radius 3 is 2.94 bits per heavy atom. The molecule has 1 aliphatic heterocycles. The van der Waals surface area contributed by atoms with Gasteiger partial charge in [-0.05, 0) is 23.6 Å². The van der Waals surface area contributed by atoms with Crippen molar-refractivity contribution in [2.45, 2.75) is 13.1 Å². The number of carbonyl (C=O) groups is 1. The second-order valence-corrected chi connectivity index (χ2v) is 5.51. The van der Waals surface area contributed by atoms with E-state index in [0.717, 1.165) is 17.6 Å². The van der Waals surface area contributed by atoms with Crippen LogP contribution in [0.5, 0.6) is 0 Å². The lowest BCUT2D eigenvalue weighted by Gasteiger charge is -2.27. The maximum absolute atomic E-state index is 10.7. The molecule has 0 aliphatic carbocycles. The Bertz CT molecular complexity index is 621. The predicted octanol–water partition coefficient (Wildman–Crippen LogP) is 2.30. The van der Waals surface area contributed by atoms with Crippen molar-refractivity contribution in [3.05, 3.63) is 34.4 Å². The first-order valence-corrected chi connectivity index (χ1v) is 6.64. The van der Waals surface area contributed by atoms with E-state index in [2.05, 4.69) is 38.7 Å². The van der Waals surface area contributed by atoms with Crippen LogP contribution in [0.15, 0.2) is 28.7 Å². The molecule has 94 valence electrons. The smallest absolute Gasteiger partial charge is 0.317 e. The molecule has 0 bridgehead atoms. The van der Waals surface area contributed by atoms with Crippen LogP contribution in [0.2, 0.25) is 0 Å². The largest absolute Gasteiger partial charge is 0.480 e. The summed E-state index contributed by atoms with van der Waals surface area (Å²) in [5, 5.41) is 10.0. The van der Waals surface area contributed by atoms with Crippen molar-refractivity contribution in [1.29, 1.82) is 0 Å². The van der Waals surface area contributed by atoms with Gasteiger partial charge in [0.05, 0.1) is 6.54 Å². The van der Waals surface area contributed by atoms with Crippen LogP contribution in [0.25, 0.3) is 10.9 Å². The summed E-state index contributed by atoms with van der Waals surface area (Å²) >= 11 is 3.49. The summed E-state index contributed by atoms with van der Waals surface area (Å²) in [6.07, 6.45) is 0. The van der Waals surface area contributed by atoms with E-state index < -0.39 is 5.97 Å². The van der Waals surface area contributed by atoms with Crippen molar-refractivity contribution < 1.29 is 9.90 Å². The topological polar surface area (TPSA) is 45.5 Å². The summed E-state index contributed by atoms with van der Waals surface area (Å²) in [6.45, 7) is 2.46. The number of nitrogens with zero attached hydrogens (tertiary/aromatic N) is 2. The Balaban J connectivity index is 1.97. The second kappa shape index (κ2) is 4.40. The molecule has 0 atom stereocenters. The van der Waals surface area contributed by atoms with Crippen LogP contribution in [0, 0.1) is 0 Å². The first-order chi connectivity index (χ1) is 8.63. The third-order valence-corrected chi connectivity index (χ3v) is 3.83. The number of carboxylic acid groups (broad SMARTS) is 1. The zero-order valence-corrected chi connectivity index (χ0v) is 11.4. The number of fused-ring (bicyclic) bond motifs is 3. The highest BCUT2D eigenvalue weighted by Crippen LogP contribution is 2.26. The third-order valence-electron chi connectivity index (χ3n) is 3.34. The summed E-state index contributed by atoms with van der Waals surface area (Å²) in [7, 11) is 0. The first kappa shape index (κ1) is 11.7. The molecule has 3 rings (SSSR count). The van der Waals surface area contributed by atoms with Crippen molar-refractivity contribution in [2.75, 3.05) is 13.1 Å². The van der Waals surface area contributed by atoms with E-state index >= 15 is 0 Å². The maximum Gasteiger partial charge on any atom is 0.317 e. The van der Waals surface area contributed by atoms with Gasteiger partial charge >= 0.3 is 5.97 Å². The third kappa shape index (κ3) is 2.04. The van der Waals surface area contributed by atoms with E-state index in [0.29, 0.717) is 6.54 Å². The number of carboxylic acids is 1. The molecule has 0 saturated carbocycles. The quantitative estimate of drug-likeness (QED) is 0.926. The van der Waals surface area contributed by atoms with E-state index in [1.165, 1.54) is 16.6 Å². The van der Waals surface area contributed by atoms with Crippen LogP contribution in [0.1, 0.15) is 5.69 Å². The van der Waals surface area contributed by atoms with Crippen LogP contribution in [-0.2, 0) is 17.9 Å². The molecule has 1 aromatic heterocycles. The van der Waals surface area contributed by atoms with Gasteiger partial charge in [-0.25, -0.2) is 0 Å². The van der Waals surface area contributed by atoms with Crippen LogP contribution >= 0.6 is 15.9 Å². The fourth-order valence-electron chi connectivity index (χ4n) is 2.56. The molecule has 2 aromatic rings. The standard InChI is InChI=1S/C13H13BrN2O2/c14-10-2-1-9-5-11-7-15(8-13(17)18)3-4-16(11)12(9)6-10/h1-2,5-6H,3-4,7-8H2,(H,17,18). The Labute approximate surface area is 113 Å². The molecule has 0 unspecified atom stereocenters. The molecular formula is C13H13BrN2O2. The van der Waals surface area contributed by atoms with Gasteiger partial charge in [0.15, 0.2) is 0 Å². The predicted molar refractivity (Wildman–Crippen MR) is 72.6 cm³/mol. The van der Waals surface area contributed by atoms with Gasteiger partial charge in [0, 0.05) is 35.3 Å². The van der Waals surface area contributed by atoms with Crippen molar-refractivity contribution in [3.63, 3.8) is 0 Å². The maximum atomic E-state index is 10.7.